The van der Waals surface area contributed by atoms with E-state index in [1.807, 2.05) is 0 Å². The van der Waals surface area contributed by atoms with Gasteiger partial charge >= 0.3 is 0 Å². The molecule has 1 unspecified atom stereocenters. The molecular formula is C15H12Br. The second-order valence-corrected chi connectivity index (χ2v) is 5.63. The molecule has 0 saturated carbocycles. The van der Waals surface area contributed by atoms with E-state index < -0.39 is 0 Å². The van der Waals surface area contributed by atoms with E-state index >= 15 is 0 Å². The minimum absolute atomic E-state index is 0.376. The van der Waals surface area contributed by atoms with Crippen molar-refractivity contribution >= 4 is 15.9 Å². The molecule has 2 aromatic carbocycles. The van der Waals surface area contributed by atoms with Crippen LogP contribution in [-0.2, 0) is 6.42 Å². The Balaban J connectivity index is 2.14. The molecule has 16 heavy (non-hydrogen) atoms. The lowest BCUT2D eigenvalue weighted by molar-refractivity contribution is 1.10. The molecule has 1 heteroatoms. The van der Waals surface area contributed by atoms with E-state index in [1.54, 1.807) is 0 Å². The predicted octanol–water partition coefficient (Wildman–Crippen LogP) is 4.51. The zero-order chi connectivity index (χ0) is 11.1. The summed E-state index contributed by atoms with van der Waals surface area (Å²) in [6.45, 7) is 2.14. The van der Waals surface area contributed by atoms with Crippen LogP contribution in [0.3, 0.4) is 0 Å². The van der Waals surface area contributed by atoms with E-state index in [-0.39, 0.29) is 0 Å². The van der Waals surface area contributed by atoms with Gasteiger partial charge in [-0.2, -0.15) is 0 Å². The monoisotopic (exact) mass is 271 g/mol. The molecule has 1 aliphatic carbocycles. The first-order chi connectivity index (χ1) is 7.75. The van der Waals surface area contributed by atoms with Crippen LogP contribution in [0, 0.1) is 6.07 Å². The Morgan fingerprint density at radius 3 is 2.75 bits per heavy atom. The minimum atomic E-state index is 0.376. The molecule has 0 aliphatic heterocycles. The molecule has 1 aliphatic rings. The highest BCUT2D eigenvalue weighted by Crippen LogP contribution is 2.37. The number of alkyl halides is 1. The number of fused-ring (bicyclic) bond motifs is 3. The molecule has 0 fully saturated rings. The molecule has 0 aromatic heterocycles. The summed E-state index contributed by atoms with van der Waals surface area (Å²) >= 11 is 3.59. The fraction of sp³-hybridized carbons (Fsp3) is 0.200. The molecule has 0 bridgehead atoms. The van der Waals surface area contributed by atoms with Gasteiger partial charge in [-0.3, -0.25) is 0 Å². The zero-order valence-corrected chi connectivity index (χ0v) is 10.7. The van der Waals surface area contributed by atoms with Gasteiger partial charge in [-0.25, -0.2) is 0 Å². The third kappa shape index (κ3) is 1.51. The summed E-state index contributed by atoms with van der Waals surface area (Å²) < 4.78 is 0. The first kappa shape index (κ1) is 10.1. The van der Waals surface area contributed by atoms with Gasteiger partial charge in [0, 0.05) is 4.83 Å². The lowest BCUT2D eigenvalue weighted by atomic mass is 10.0. The first-order valence-electron chi connectivity index (χ1n) is 5.53. The SMILES string of the molecule is CC(Br)c1[c]c2c(cc1)-c1ccccc1C2. The minimum Gasteiger partial charge on any atom is -0.0842 e. The van der Waals surface area contributed by atoms with Crippen molar-refractivity contribution in [3.8, 4) is 11.1 Å². The average molecular weight is 272 g/mol. The standard InChI is InChI=1S/C15H12Br/c1-10(16)11-6-7-15-13(8-11)9-12-4-2-3-5-14(12)15/h2-7,10H,9H2,1H3. The molecule has 79 valence electrons. The number of rotatable bonds is 1. The molecule has 0 amide bonds. The zero-order valence-electron chi connectivity index (χ0n) is 9.13. The van der Waals surface area contributed by atoms with Gasteiger partial charge in [0.1, 0.15) is 0 Å². The second kappa shape index (κ2) is 3.74. The Morgan fingerprint density at radius 2 is 1.94 bits per heavy atom. The summed E-state index contributed by atoms with van der Waals surface area (Å²) in [7, 11) is 0. The predicted molar refractivity (Wildman–Crippen MR) is 70.9 cm³/mol. The van der Waals surface area contributed by atoms with Crippen LogP contribution in [0.2, 0.25) is 0 Å². The van der Waals surface area contributed by atoms with E-state index in [1.165, 1.54) is 27.8 Å². The van der Waals surface area contributed by atoms with E-state index in [2.05, 4.69) is 65.3 Å². The summed E-state index contributed by atoms with van der Waals surface area (Å²) in [6, 6.07) is 16.5. The van der Waals surface area contributed by atoms with Gasteiger partial charge in [-0.1, -0.05) is 52.3 Å². The van der Waals surface area contributed by atoms with Gasteiger partial charge in [0.15, 0.2) is 0 Å². The Kier molecular flexibility index (Phi) is 2.36. The molecular weight excluding hydrogens is 260 g/mol. The van der Waals surface area contributed by atoms with Gasteiger partial charge in [0.05, 0.1) is 0 Å². The highest BCUT2D eigenvalue weighted by Gasteiger charge is 2.18. The average Bonchev–Trinajstić information content (AvgIpc) is 2.66. The maximum Gasteiger partial charge on any atom is 0.0373 e. The van der Waals surface area contributed by atoms with Crippen molar-refractivity contribution in [3.05, 3.63) is 59.2 Å². The lowest BCUT2D eigenvalue weighted by Gasteiger charge is -2.06. The summed E-state index contributed by atoms with van der Waals surface area (Å²) in [5, 5.41) is 0. The molecule has 0 N–H and O–H groups in total. The molecule has 2 aromatic rings. The van der Waals surface area contributed by atoms with Crippen molar-refractivity contribution in [2.75, 3.05) is 0 Å². The normalized spacial score (nSPS) is 14.4. The number of halogens is 1. The van der Waals surface area contributed by atoms with Gasteiger partial charge in [-0.15, -0.1) is 0 Å². The van der Waals surface area contributed by atoms with Crippen molar-refractivity contribution < 1.29 is 0 Å². The molecule has 0 saturated heterocycles. The van der Waals surface area contributed by atoms with Crippen LogP contribution >= 0.6 is 15.9 Å². The van der Waals surface area contributed by atoms with Crippen LogP contribution in [0.15, 0.2) is 36.4 Å². The molecule has 1 radical (unpaired) electrons. The number of benzene rings is 2. The quantitative estimate of drug-likeness (QED) is 0.571. The van der Waals surface area contributed by atoms with Gasteiger partial charge in [-0.05, 0) is 47.2 Å². The second-order valence-electron chi connectivity index (χ2n) is 4.26. The fourth-order valence-electron chi connectivity index (χ4n) is 2.31. The summed E-state index contributed by atoms with van der Waals surface area (Å²) in [6.07, 6.45) is 1.03. The van der Waals surface area contributed by atoms with Crippen molar-refractivity contribution in [2.24, 2.45) is 0 Å². The van der Waals surface area contributed by atoms with Crippen molar-refractivity contribution in [1.82, 2.24) is 0 Å². The molecule has 0 spiro atoms. The van der Waals surface area contributed by atoms with Crippen LogP contribution in [0.1, 0.15) is 28.4 Å². The van der Waals surface area contributed by atoms with Crippen LogP contribution in [0.25, 0.3) is 11.1 Å². The third-order valence-electron chi connectivity index (χ3n) is 3.15. The van der Waals surface area contributed by atoms with E-state index in [9.17, 15) is 0 Å². The first-order valence-corrected chi connectivity index (χ1v) is 6.45. The molecule has 0 heterocycles. The van der Waals surface area contributed by atoms with E-state index in [4.69, 9.17) is 0 Å². The molecule has 3 rings (SSSR count). The van der Waals surface area contributed by atoms with Gasteiger partial charge in [0.25, 0.3) is 0 Å². The van der Waals surface area contributed by atoms with Crippen molar-refractivity contribution in [3.63, 3.8) is 0 Å². The largest absolute Gasteiger partial charge is 0.0842 e. The Bertz CT molecular complexity index is 541. The highest BCUT2D eigenvalue weighted by molar-refractivity contribution is 9.09. The topological polar surface area (TPSA) is 0 Å². The maximum atomic E-state index is 3.59. The Morgan fingerprint density at radius 1 is 1.12 bits per heavy atom. The number of hydrogen-bond acceptors (Lipinski definition) is 0. The van der Waals surface area contributed by atoms with Crippen LogP contribution in [0.5, 0.6) is 0 Å². The van der Waals surface area contributed by atoms with Crippen LogP contribution in [-0.4, -0.2) is 0 Å². The fourth-order valence-corrected chi connectivity index (χ4v) is 2.58. The number of hydrogen-bond donors (Lipinski definition) is 0. The third-order valence-corrected chi connectivity index (χ3v) is 3.65. The van der Waals surface area contributed by atoms with E-state index in [0.29, 0.717) is 4.83 Å². The van der Waals surface area contributed by atoms with Gasteiger partial charge < -0.3 is 0 Å². The summed E-state index contributed by atoms with van der Waals surface area (Å²) in [4.78, 5) is 0.376. The van der Waals surface area contributed by atoms with Gasteiger partial charge in [0.2, 0.25) is 0 Å². The van der Waals surface area contributed by atoms with Crippen molar-refractivity contribution in [1.29, 1.82) is 0 Å². The maximum absolute atomic E-state index is 3.59. The molecule has 0 nitrogen and oxygen atoms in total. The van der Waals surface area contributed by atoms with Crippen LogP contribution < -0.4 is 0 Å². The Labute approximate surface area is 104 Å². The van der Waals surface area contributed by atoms with Crippen molar-refractivity contribution in [2.45, 2.75) is 18.2 Å². The highest BCUT2D eigenvalue weighted by atomic mass is 79.9. The Hall–Kier alpha value is -1.08. The smallest absolute Gasteiger partial charge is 0.0373 e. The summed E-state index contributed by atoms with van der Waals surface area (Å²) in [5.41, 5.74) is 6.74. The summed E-state index contributed by atoms with van der Waals surface area (Å²) in [5.74, 6) is 0. The van der Waals surface area contributed by atoms with Crippen LogP contribution in [0.4, 0.5) is 0 Å². The van der Waals surface area contributed by atoms with E-state index in [0.717, 1.165) is 6.42 Å². The molecule has 1 atom stereocenters. The lowest BCUT2D eigenvalue weighted by Crippen LogP contribution is -1.88.